The smallest absolute Gasteiger partial charge is 0.0356 e. The molecule has 0 aliphatic rings. The second kappa shape index (κ2) is 15.8. The van der Waals surface area contributed by atoms with Gasteiger partial charge in [-0.3, -0.25) is 9.98 Å². The quantitative estimate of drug-likeness (QED) is 0.528. The van der Waals surface area contributed by atoms with Crippen LogP contribution in [0.4, 0.5) is 0 Å². The van der Waals surface area contributed by atoms with Crippen LogP contribution in [0.1, 0.15) is 27.7 Å². The zero-order chi connectivity index (χ0) is 8.24. The lowest BCUT2D eigenvalue weighted by molar-refractivity contribution is 1.14. The summed E-state index contributed by atoms with van der Waals surface area (Å²) in [6.07, 6.45) is 3.61. The van der Waals surface area contributed by atoms with Gasteiger partial charge in [0.15, 0.2) is 0 Å². The Bertz CT molecular complexity index is 73.3. The fourth-order valence-corrected chi connectivity index (χ4v) is 0.365. The van der Waals surface area contributed by atoms with E-state index in [0.717, 1.165) is 13.1 Å². The summed E-state index contributed by atoms with van der Waals surface area (Å²) in [5.74, 6) is 0. The van der Waals surface area contributed by atoms with Crippen LogP contribution in [-0.2, 0) is 0 Å². The average Bonchev–Trinajstić information content (AvgIpc) is 1.93. The first-order chi connectivity index (χ1) is 4.83. The number of hydrogen-bond acceptors (Lipinski definition) is 2. The Labute approximate surface area is 64.1 Å². The number of rotatable bonds is 2. The van der Waals surface area contributed by atoms with Gasteiger partial charge in [-0.15, -0.1) is 0 Å². The molecule has 2 heteroatoms. The summed E-state index contributed by atoms with van der Waals surface area (Å²) < 4.78 is 0. The summed E-state index contributed by atoms with van der Waals surface area (Å²) >= 11 is 0. The van der Waals surface area contributed by atoms with Crippen molar-refractivity contribution in [3.05, 3.63) is 0 Å². The number of nitrogens with zero attached hydrogens (tertiary/aromatic N) is 2. The Morgan fingerprint density at radius 1 is 0.900 bits per heavy atom. The predicted octanol–water partition coefficient (Wildman–Crippen LogP) is 2.19. The largest absolute Gasteiger partial charge is 0.298 e. The highest BCUT2D eigenvalue weighted by molar-refractivity contribution is 5.53. The van der Waals surface area contributed by atoms with Crippen molar-refractivity contribution in [1.82, 2.24) is 0 Å². The highest BCUT2D eigenvalue weighted by atomic mass is 14.7. The Hall–Kier alpha value is -0.660. The Balaban J connectivity index is 0. The predicted molar refractivity (Wildman–Crippen MR) is 49.4 cm³/mol. The summed E-state index contributed by atoms with van der Waals surface area (Å²) in [7, 11) is 0. The fraction of sp³-hybridized carbons (Fsp3) is 0.750. The SMILES string of the molecule is CC=NCC.CC=NCC. The van der Waals surface area contributed by atoms with E-state index in [1.807, 2.05) is 27.7 Å². The van der Waals surface area contributed by atoms with Gasteiger partial charge in [-0.25, -0.2) is 0 Å². The Kier molecular flexibility index (Phi) is 19.0. The van der Waals surface area contributed by atoms with E-state index in [2.05, 4.69) is 9.98 Å². The highest BCUT2D eigenvalue weighted by Crippen LogP contribution is 1.57. The van der Waals surface area contributed by atoms with Gasteiger partial charge in [0.05, 0.1) is 0 Å². The molecular formula is C8H18N2. The summed E-state index contributed by atoms with van der Waals surface area (Å²) in [4.78, 5) is 7.69. The molecule has 0 amide bonds. The Morgan fingerprint density at radius 3 is 1.20 bits per heavy atom. The molecule has 0 unspecified atom stereocenters. The third kappa shape index (κ3) is 26.4. The highest BCUT2D eigenvalue weighted by Gasteiger charge is 1.51. The van der Waals surface area contributed by atoms with E-state index in [9.17, 15) is 0 Å². The molecule has 0 bridgehead atoms. The van der Waals surface area contributed by atoms with E-state index in [-0.39, 0.29) is 0 Å². The second-order valence-corrected chi connectivity index (χ2v) is 1.51. The molecule has 60 valence electrons. The molecule has 0 aliphatic heterocycles. The van der Waals surface area contributed by atoms with Crippen molar-refractivity contribution >= 4 is 12.4 Å². The molecule has 0 N–H and O–H groups in total. The molecule has 10 heavy (non-hydrogen) atoms. The van der Waals surface area contributed by atoms with Crippen LogP contribution in [0.25, 0.3) is 0 Å². The zero-order valence-corrected chi connectivity index (χ0v) is 7.46. The molecule has 2 nitrogen and oxygen atoms in total. The van der Waals surface area contributed by atoms with Crippen LogP contribution in [-0.4, -0.2) is 25.5 Å². The summed E-state index contributed by atoms with van der Waals surface area (Å²) in [6.45, 7) is 9.69. The molecule has 0 aromatic rings. The molecule has 0 heterocycles. The summed E-state index contributed by atoms with van der Waals surface area (Å²) in [6, 6.07) is 0. The molecule has 0 aromatic heterocycles. The van der Waals surface area contributed by atoms with Crippen molar-refractivity contribution in [3.63, 3.8) is 0 Å². The molecule has 0 saturated heterocycles. The van der Waals surface area contributed by atoms with E-state index >= 15 is 0 Å². The van der Waals surface area contributed by atoms with Crippen molar-refractivity contribution in [1.29, 1.82) is 0 Å². The van der Waals surface area contributed by atoms with Crippen LogP contribution in [0.15, 0.2) is 9.98 Å². The van der Waals surface area contributed by atoms with Gasteiger partial charge < -0.3 is 0 Å². The van der Waals surface area contributed by atoms with Crippen LogP contribution >= 0.6 is 0 Å². The van der Waals surface area contributed by atoms with Gasteiger partial charge in [0.2, 0.25) is 0 Å². The van der Waals surface area contributed by atoms with Crippen molar-refractivity contribution in [3.8, 4) is 0 Å². The van der Waals surface area contributed by atoms with E-state index < -0.39 is 0 Å². The van der Waals surface area contributed by atoms with Crippen molar-refractivity contribution in [2.75, 3.05) is 13.1 Å². The lowest BCUT2D eigenvalue weighted by atomic mass is 10.8. The monoisotopic (exact) mass is 142 g/mol. The van der Waals surface area contributed by atoms with Gasteiger partial charge in [-0.05, 0) is 40.1 Å². The summed E-state index contributed by atoms with van der Waals surface area (Å²) in [5, 5.41) is 0. The minimum atomic E-state index is 0.913. The molecule has 0 saturated carbocycles. The first-order valence-corrected chi connectivity index (χ1v) is 3.72. The van der Waals surface area contributed by atoms with E-state index in [1.165, 1.54) is 0 Å². The Morgan fingerprint density at radius 2 is 1.20 bits per heavy atom. The second-order valence-electron chi connectivity index (χ2n) is 1.51. The zero-order valence-electron chi connectivity index (χ0n) is 7.46. The third-order valence-corrected chi connectivity index (χ3v) is 0.730. The molecule has 0 radical (unpaired) electrons. The maximum atomic E-state index is 3.85. The van der Waals surface area contributed by atoms with Crippen LogP contribution in [0.5, 0.6) is 0 Å². The van der Waals surface area contributed by atoms with E-state index in [4.69, 9.17) is 0 Å². The molecule has 0 aromatic carbocycles. The third-order valence-electron chi connectivity index (χ3n) is 0.730. The number of hydrogen-bond donors (Lipinski definition) is 0. The molecule has 0 aliphatic carbocycles. The molecular weight excluding hydrogens is 124 g/mol. The van der Waals surface area contributed by atoms with Gasteiger partial charge in [-0.1, -0.05) is 0 Å². The first-order valence-electron chi connectivity index (χ1n) is 3.72. The first kappa shape index (κ1) is 12.1. The van der Waals surface area contributed by atoms with Gasteiger partial charge in [0, 0.05) is 13.1 Å². The minimum absolute atomic E-state index is 0.913. The maximum absolute atomic E-state index is 3.85. The molecule has 0 fully saturated rings. The lowest BCUT2D eigenvalue weighted by Gasteiger charge is -1.68. The lowest BCUT2D eigenvalue weighted by Crippen LogP contribution is -1.62. The fourth-order valence-electron chi connectivity index (χ4n) is 0.365. The normalized spacial score (nSPS) is 10.0. The maximum Gasteiger partial charge on any atom is 0.0356 e. The molecule has 0 atom stereocenters. The van der Waals surface area contributed by atoms with E-state index in [1.54, 1.807) is 12.4 Å². The van der Waals surface area contributed by atoms with Gasteiger partial charge in [0.1, 0.15) is 0 Å². The van der Waals surface area contributed by atoms with Gasteiger partial charge in [-0.2, -0.15) is 0 Å². The van der Waals surface area contributed by atoms with E-state index in [0.29, 0.717) is 0 Å². The number of aliphatic imine (C=N–C) groups is 2. The standard InChI is InChI=1S/2C4H9N/c2*1-3-5-4-2/h2*3H,4H2,1-2H3. The molecule has 0 spiro atoms. The van der Waals surface area contributed by atoms with Gasteiger partial charge >= 0.3 is 0 Å². The minimum Gasteiger partial charge on any atom is -0.298 e. The van der Waals surface area contributed by atoms with Crippen molar-refractivity contribution in [2.45, 2.75) is 27.7 Å². The van der Waals surface area contributed by atoms with Crippen LogP contribution < -0.4 is 0 Å². The van der Waals surface area contributed by atoms with Crippen LogP contribution in [0, 0.1) is 0 Å². The summed E-state index contributed by atoms with van der Waals surface area (Å²) in [5.41, 5.74) is 0. The average molecular weight is 142 g/mol. The van der Waals surface area contributed by atoms with Crippen molar-refractivity contribution < 1.29 is 0 Å². The van der Waals surface area contributed by atoms with Crippen LogP contribution in [0.2, 0.25) is 0 Å². The van der Waals surface area contributed by atoms with Crippen LogP contribution in [0.3, 0.4) is 0 Å². The molecule has 0 rings (SSSR count). The topological polar surface area (TPSA) is 24.7 Å². The van der Waals surface area contributed by atoms with Crippen molar-refractivity contribution in [2.24, 2.45) is 9.98 Å². The van der Waals surface area contributed by atoms with Gasteiger partial charge in [0.25, 0.3) is 0 Å².